The molecule has 0 saturated carbocycles. The second kappa shape index (κ2) is 9.05. The third-order valence-corrected chi connectivity index (χ3v) is 3.65. The minimum Gasteiger partial charge on any atom is -0.486 e. The zero-order valence-corrected chi connectivity index (χ0v) is 14.6. The molecule has 1 aromatic heterocycles. The van der Waals surface area contributed by atoms with Crippen LogP contribution in [0.1, 0.15) is 5.69 Å². The van der Waals surface area contributed by atoms with Crippen molar-refractivity contribution in [3.63, 3.8) is 0 Å². The number of nitrogens with one attached hydrogen (secondary N) is 1. The molecule has 1 aromatic carbocycles. The molecular formula is C17H21N3O3S. The second-order valence-electron chi connectivity index (χ2n) is 5.27. The normalized spacial score (nSPS) is 10.5. The molecule has 2 rings (SSSR count). The van der Waals surface area contributed by atoms with Crippen molar-refractivity contribution in [2.24, 2.45) is 0 Å². The molecule has 0 unspecified atom stereocenters. The number of rotatable bonds is 9. The fraction of sp³-hybridized carbons (Fsp3) is 0.294. The SMILES string of the molecule is C=CCOc1ccccc1OCC(=O)Nc1nc(CN(C)C)cs1. The highest BCUT2D eigenvalue weighted by molar-refractivity contribution is 7.13. The fourth-order valence-corrected chi connectivity index (χ4v) is 2.61. The molecule has 1 amide bonds. The highest BCUT2D eigenvalue weighted by Gasteiger charge is 2.10. The molecule has 2 aromatic rings. The molecule has 7 heteroatoms. The Hall–Kier alpha value is -2.38. The average Bonchev–Trinajstić information content (AvgIpc) is 2.97. The maximum Gasteiger partial charge on any atom is 0.264 e. The van der Waals surface area contributed by atoms with Crippen molar-refractivity contribution in [2.75, 3.05) is 32.6 Å². The van der Waals surface area contributed by atoms with E-state index >= 15 is 0 Å². The largest absolute Gasteiger partial charge is 0.486 e. The van der Waals surface area contributed by atoms with E-state index in [0.717, 1.165) is 12.2 Å². The molecule has 0 spiro atoms. The zero-order valence-electron chi connectivity index (χ0n) is 13.8. The Balaban J connectivity index is 1.87. The quantitative estimate of drug-likeness (QED) is 0.707. The fourth-order valence-electron chi connectivity index (χ4n) is 1.90. The van der Waals surface area contributed by atoms with Gasteiger partial charge in [0.05, 0.1) is 5.69 Å². The van der Waals surface area contributed by atoms with Gasteiger partial charge in [-0.15, -0.1) is 11.3 Å². The number of hydrogen-bond acceptors (Lipinski definition) is 6. The molecule has 0 radical (unpaired) electrons. The first-order valence-electron chi connectivity index (χ1n) is 7.43. The summed E-state index contributed by atoms with van der Waals surface area (Å²) in [6.45, 7) is 4.60. The maximum atomic E-state index is 12.0. The van der Waals surface area contributed by atoms with Gasteiger partial charge in [-0.2, -0.15) is 0 Å². The van der Waals surface area contributed by atoms with E-state index in [4.69, 9.17) is 9.47 Å². The Morgan fingerprint density at radius 2 is 2.04 bits per heavy atom. The first-order chi connectivity index (χ1) is 11.6. The van der Waals surface area contributed by atoms with Gasteiger partial charge >= 0.3 is 0 Å². The minimum atomic E-state index is -0.265. The van der Waals surface area contributed by atoms with Gasteiger partial charge in [0, 0.05) is 11.9 Å². The highest BCUT2D eigenvalue weighted by atomic mass is 32.1. The number of amides is 1. The molecule has 6 nitrogen and oxygen atoms in total. The number of hydrogen-bond donors (Lipinski definition) is 1. The van der Waals surface area contributed by atoms with Crippen molar-refractivity contribution in [1.82, 2.24) is 9.88 Å². The number of ether oxygens (including phenoxy) is 2. The number of thiazole rings is 1. The van der Waals surface area contributed by atoms with E-state index < -0.39 is 0 Å². The number of anilines is 1. The molecule has 24 heavy (non-hydrogen) atoms. The predicted molar refractivity (Wildman–Crippen MR) is 95.8 cm³/mol. The van der Waals surface area contributed by atoms with E-state index in [9.17, 15) is 4.79 Å². The minimum absolute atomic E-state index is 0.114. The van der Waals surface area contributed by atoms with Crippen molar-refractivity contribution in [3.8, 4) is 11.5 Å². The third kappa shape index (κ3) is 5.68. The average molecular weight is 347 g/mol. The Morgan fingerprint density at radius 3 is 2.71 bits per heavy atom. The Bertz CT molecular complexity index is 685. The Morgan fingerprint density at radius 1 is 1.33 bits per heavy atom. The van der Waals surface area contributed by atoms with E-state index in [1.165, 1.54) is 11.3 Å². The van der Waals surface area contributed by atoms with Crippen LogP contribution in [0.15, 0.2) is 42.3 Å². The van der Waals surface area contributed by atoms with Crippen LogP contribution in [0.5, 0.6) is 11.5 Å². The maximum absolute atomic E-state index is 12.0. The van der Waals surface area contributed by atoms with Gasteiger partial charge < -0.3 is 14.4 Å². The van der Waals surface area contributed by atoms with Gasteiger partial charge in [-0.05, 0) is 26.2 Å². The smallest absolute Gasteiger partial charge is 0.264 e. The van der Waals surface area contributed by atoms with Gasteiger partial charge in [0.15, 0.2) is 23.2 Å². The monoisotopic (exact) mass is 347 g/mol. The highest BCUT2D eigenvalue weighted by Crippen LogP contribution is 2.26. The lowest BCUT2D eigenvalue weighted by Gasteiger charge is -2.11. The van der Waals surface area contributed by atoms with Gasteiger partial charge in [-0.25, -0.2) is 4.98 Å². The lowest BCUT2D eigenvalue weighted by molar-refractivity contribution is -0.118. The van der Waals surface area contributed by atoms with Crippen LogP contribution in [0, 0.1) is 0 Å². The molecule has 0 bridgehead atoms. The summed E-state index contributed by atoms with van der Waals surface area (Å²) in [5.41, 5.74) is 0.921. The van der Waals surface area contributed by atoms with Crippen LogP contribution in [0.25, 0.3) is 0 Å². The summed E-state index contributed by atoms with van der Waals surface area (Å²) in [5, 5.41) is 5.23. The van der Waals surface area contributed by atoms with Crippen LogP contribution in [0.4, 0.5) is 5.13 Å². The number of aromatic nitrogens is 1. The van der Waals surface area contributed by atoms with Crippen LogP contribution in [-0.2, 0) is 11.3 Å². The summed E-state index contributed by atoms with van der Waals surface area (Å²) in [6.07, 6.45) is 1.65. The third-order valence-electron chi connectivity index (χ3n) is 2.84. The number of carbonyl (C=O) groups excluding carboxylic acids is 1. The molecule has 1 N–H and O–H groups in total. The molecule has 0 saturated heterocycles. The van der Waals surface area contributed by atoms with Gasteiger partial charge in [0.2, 0.25) is 0 Å². The standard InChI is InChI=1S/C17H21N3O3S/c1-4-9-22-14-7-5-6-8-15(14)23-11-16(21)19-17-18-13(12-24-17)10-20(2)3/h4-8,12H,1,9-11H2,2-3H3,(H,18,19,21). The summed E-state index contributed by atoms with van der Waals surface area (Å²) in [7, 11) is 3.94. The lowest BCUT2D eigenvalue weighted by Crippen LogP contribution is -2.20. The molecule has 0 atom stereocenters. The molecule has 0 aliphatic rings. The second-order valence-corrected chi connectivity index (χ2v) is 6.12. The van der Waals surface area contributed by atoms with Gasteiger partial charge in [-0.3, -0.25) is 10.1 Å². The predicted octanol–water partition coefficient (Wildman–Crippen LogP) is 2.79. The van der Waals surface area contributed by atoms with Crippen LogP contribution in [-0.4, -0.2) is 43.1 Å². The first-order valence-corrected chi connectivity index (χ1v) is 8.31. The van der Waals surface area contributed by atoms with Crippen LogP contribution in [0.3, 0.4) is 0 Å². The van der Waals surface area contributed by atoms with E-state index in [2.05, 4.69) is 16.9 Å². The molecule has 0 aliphatic carbocycles. The topological polar surface area (TPSA) is 63.7 Å². The van der Waals surface area contributed by atoms with Crippen LogP contribution < -0.4 is 14.8 Å². The molecule has 1 heterocycles. The van der Waals surface area contributed by atoms with Crippen molar-refractivity contribution in [3.05, 3.63) is 48.0 Å². The number of benzene rings is 1. The summed E-state index contributed by atoms with van der Waals surface area (Å²) in [6, 6.07) is 7.20. The van der Waals surface area contributed by atoms with E-state index in [0.29, 0.717) is 23.2 Å². The van der Waals surface area contributed by atoms with E-state index in [1.54, 1.807) is 18.2 Å². The van der Waals surface area contributed by atoms with Crippen molar-refractivity contribution in [1.29, 1.82) is 0 Å². The summed E-state index contributed by atoms with van der Waals surface area (Å²) < 4.78 is 11.0. The summed E-state index contributed by atoms with van der Waals surface area (Å²) in [5.74, 6) is 0.828. The number of para-hydroxylation sites is 2. The Kier molecular flexibility index (Phi) is 6.77. The van der Waals surface area contributed by atoms with Crippen LogP contribution >= 0.6 is 11.3 Å². The molecule has 128 valence electrons. The van der Waals surface area contributed by atoms with E-state index in [1.807, 2.05) is 36.5 Å². The van der Waals surface area contributed by atoms with Crippen molar-refractivity contribution >= 4 is 22.4 Å². The van der Waals surface area contributed by atoms with Gasteiger partial charge in [0.25, 0.3) is 5.91 Å². The summed E-state index contributed by atoms with van der Waals surface area (Å²) in [4.78, 5) is 18.4. The summed E-state index contributed by atoms with van der Waals surface area (Å²) >= 11 is 1.39. The van der Waals surface area contributed by atoms with Crippen LogP contribution in [0.2, 0.25) is 0 Å². The first kappa shape index (κ1) is 18.0. The molecular weight excluding hydrogens is 326 g/mol. The van der Waals surface area contributed by atoms with Gasteiger partial charge in [-0.1, -0.05) is 24.8 Å². The lowest BCUT2D eigenvalue weighted by atomic mass is 10.3. The number of carbonyl (C=O) groups is 1. The zero-order chi connectivity index (χ0) is 17.4. The molecule has 0 fully saturated rings. The Labute approximate surface area is 145 Å². The van der Waals surface area contributed by atoms with Crippen molar-refractivity contribution < 1.29 is 14.3 Å². The van der Waals surface area contributed by atoms with Crippen molar-refractivity contribution in [2.45, 2.75) is 6.54 Å². The number of nitrogens with zero attached hydrogens (tertiary/aromatic N) is 2. The van der Waals surface area contributed by atoms with Gasteiger partial charge in [0.1, 0.15) is 6.61 Å². The molecule has 0 aliphatic heterocycles. The van der Waals surface area contributed by atoms with E-state index in [-0.39, 0.29) is 12.5 Å².